The third-order valence-corrected chi connectivity index (χ3v) is 3.14. The van der Waals surface area contributed by atoms with E-state index in [1.807, 2.05) is 15.9 Å². The predicted octanol–water partition coefficient (Wildman–Crippen LogP) is 0.801. The maximum atomic E-state index is 10.7. The van der Waals surface area contributed by atoms with Gasteiger partial charge in [-0.05, 0) is 6.07 Å². The molecule has 1 fully saturated rings. The fraction of sp³-hybridized carbons (Fsp3) is 0.417. The minimum atomic E-state index is -0.830. The van der Waals surface area contributed by atoms with Gasteiger partial charge in [-0.2, -0.15) is 0 Å². The van der Waals surface area contributed by atoms with Crippen LogP contribution in [0.2, 0.25) is 0 Å². The van der Waals surface area contributed by atoms with Crippen molar-refractivity contribution in [3.05, 3.63) is 34.4 Å². The van der Waals surface area contributed by atoms with E-state index in [0.29, 0.717) is 26.2 Å². The van der Waals surface area contributed by atoms with Gasteiger partial charge in [0.2, 0.25) is 0 Å². The number of hydrogen-bond acceptors (Lipinski definition) is 5. The lowest BCUT2D eigenvalue weighted by molar-refractivity contribution is -0.384. The molecule has 7 nitrogen and oxygen atoms in total. The average molecular weight is 265 g/mol. The first-order valence-electron chi connectivity index (χ1n) is 6.00. The zero-order chi connectivity index (χ0) is 13.8. The van der Waals surface area contributed by atoms with E-state index in [1.54, 1.807) is 12.1 Å². The number of nitrogens with zero attached hydrogens (tertiary/aromatic N) is 3. The van der Waals surface area contributed by atoms with Gasteiger partial charge in [0.05, 0.1) is 11.5 Å². The van der Waals surface area contributed by atoms with Crippen molar-refractivity contribution in [1.82, 2.24) is 4.90 Å². The van der Waals surface area contributed by atoms with E-state index in [1.165, 1.54) is 6.07 Å². The Balaban J connectivity index is 1.99. The van der Waals surface area contributed by atoms with E-state index < -0.39 is 10.9 Å². The summed E-state index contributed by atoms with van der Waals surface area (Å²) in [4.78, 5) is 24.8. The molecule has 0 amide bonds. The summed E-state index contributed by atoms with van der Waals surface area (Å²) in [5, 5.41) is 19.4. The number of rotatable bonds is 4. The van der Waals surface area contributed by atoms with Crippen LogP contribution in [-0.2, 0) is 4.79 Å². The molecular formula is C12H15N3O4. The second-order valence-electron chi connectivity index (χ2n) is 4.43. The number of anilines is 1. The van der Waals surface area contributed by atoms with E-state index in [2.05, 4.69) is 0 Å². The Morgan fingerprint density at radius 1 is 1.32 bits per heavy atom. The Bertz CT molecular complexity index is 484. The maximum Gasteiger partial charge on any atom is 0.317 e. The first-order chi connectivity index (χ1) is 9.06. The molecule has 1 heterocycles. The molecule has 2 rings (SSSR count). The minimum Gasteiger partial charge on any atom is -0.480 e. The van der Waals surface area contributed by atoms with Gasteiger partial charge < -0.3 is 10.0 Å². The van der Waals surface area contributed by atoms with E-state index >= 15 is 0 Å². The van der Waals surface area contributed by atoms with E-state index in [0.717, 1.165) is 5.69 Å². The maximum absolute atomic E-state index is 10.7. The number of benzene rings is 1. The molecule has 0 aliphatic carbocycles. The molecule has 1 N–H and O–H groups in total. The highest BCUT2D eigenvalue weighted by molar-refractivity contribution is 5.69. The number of aliphatic carboxylic acids is 1. The molecule has 1 aliphatic rings. The van der Waals surface area contributed by atoms with E-state index in [4.69, 9.17) is 5.11 Å². The molecular weight excluding hydrogens is 250 g/mol. The van der Waals surface area contributed by atoms with Crippen LogP contribution in [-0.4, -0.2) is 53.6 Å². The largest absolute Gasteiger partial charge is 0.480 e. The summed E-state index contributed by atoms with van der Waals surface area (Å²) in [6, 6.07) is 6.51. The van der Waals surface area contributed by atoms with Crippen molar-refractivity contribution in [3.63, 3.8) is 0 Å². The van der Waals surface area contributed by atoms with Crippen LogP contribution >= 0.6 is 0 Å². The Morgan fingerprint density at radius 3 is 2.58 bits per heavy atom. The molecule has 1 saturated heterocycles. The lowest BCUT2D eigenvalue weighted by atomic mass is 10.2. The van der Waals surface area contributed by atoms with Crippen LogP contribution in [0.4, 0.5) is 11.4 Å². The summed E-state index contributed by atoms with van der Waals surface area (Å²) >= 11 is 0. The molecule has 7 heteroatoms. The average Bonchev–Trinajstić information content (AvgIpc) is 2.39. The van der Waals surface area contributed by atoms with Crippen molar-refractivity contribution >= 4 is 17.3 Å². The summed E-state index contributed by atoms with van der Waals surface area (Å²) in [7, 11) is 0. The SMILES string of the molecule is O=C(O)CN1CCN(c2cccc([N+](=O)[O-])c2)CC1. The Morgan fingerprint density at radius 2 is 2.00 bits per heavy atom. The van der Waals surface area contributed by atoms with Gasteiger partial charge in [-0.1, -0.05) is 6.07 Å². The van der Waals surface area contributed by atoms with Crippen molar-refractivity contribution in [2.75, 3.05) is 37.6 Å². The van der Waals surface area contributed by atoms with Crippen LogP contribution in [0.15, 0.2) is 24.3 Å². The zero-order valence-corrected chi connectivity index (χ0v) is 10.4. The summed E-state index contributed by atoms with van der Waals surface area (Å²) < 4.78 is 0. The van der Waals surface area contributed by atoms with Gasteiger partial charge in [-0.25, -0.2) is 0 Å². The number of nitro groups is 1. The second-order valence-corrected chi connectivity index (χ2v) is 4.43. The minimum absolute atomic E-state index is 0.0444. The van der Waals surface area contributed by atoms with Crippen molar-refractivity contribution in [2.45, 2.75) is 0 Å². The third-order valence-electron chi connectivity index (χ3n) is 3.14. The summed E-state index contributed by atoms with van der Waals surface area (Å²) in [5.74, 6) is -0.830. The monoisotopic (exact) mass is 265 g/mol. The molecule has 102 valence electrons. The number of non-ortho nitro benzene ring substituents is 1. The van der Waals surface area contributed by atoms with Crippen LogP contribution < -0.4 is 4.90 Å². The highest BCUT2D eigenvalue weighted by atomic mass is 16.6. The number of hydrogen-bond donors (Lipinski definition) is 1. The van der Waals surface area contributed by atoms with Gasteiger partial charge in [-0.3, -0.25) is 19.8 Å². The van der Waals surface area contributed by atoms with Gasteiger partial charge in [-0.15, -0.1) is 0 Å². The Kier molecular flexibility index (Phi) is 3.96. The normalized spacial score (nSPS) is 16.3. The number of piperazine rings is 1. The molecule has 1 aromatic carbocycles. The van der Waals surface area contributed by atoms with E-state index in [9.17, 15) is 14.9 Å². The summed E-state index contributed by atoms with van der Waals surface area (Å²) in [5.41, 5.74) is 0.884. The molecule has 0 atom stereocenters. The first-order valence-corrected chi connectivity index (χ1v) is 6.00. The lowest BCUT2D eigenvalue weighted by Crippen LogP contribution is -2.47. The van der Waals surface area contributed by atoms with Crippen molar-refractivity contribution in [2.24, 2.45) is 0 Å². The zero-order valence-electron chi connectivity index (χ0n) is 10.4. The predicted molar refractivity (Wildman–Crippen MR) is 69.4 cm³/mol. The van der Waals surface area contributed by atoms with Gasteiger partial charge in [0.1, 0.15) is 0 Å². The molecule has 0 saturated carbocycles. The molecule has 0 unspecified atom stereocenters. The number of carbonyl (C=O) groups is 1. The van der Waals surface area contributed by atoms with Crippen LogP contribution in [0.5, 0.6) is 0 Å². The Hall–Kier alpha value is -2.15. The third kappa shape index (κ3) is 3.41. The van der Waals surface area contributed by atoms with Crippen molar-refractivity contribution < 1.29 is 14.8 Å². The molecule has 19 heavy (non-hydrogen) atoms. The van der Waals surface area contributed by atoms with Gasteiger partial charge in [0, 0.05) is 44.0 Å². The Labute approximate surface area is 110 Å². The van der Waals surface area contributed by atoms with Crippen LogP contribution in [0.25, 0.3) is 0 Å². The number of nitro benzene ring substituents is 1. The van der Waals surface area contributed by atoms with Crippen molar-refractivity contribution in [3.8, 4) is 0 Å². The quantitative estimate of drug-likeness (QED) is 0.640. The summed E-state index contributed by atoms with van der Waals surface area (Å²) in [6.45, 7) is 2.69. The standard InChI is InChI=1S/C12H15N3O4/c16-12(17)9-13-4-6-14(7-5-13)10-2-1-3-11(8-10)15(18)19/h1-3,8H,4-7,9H2,(H,16,17). The molecule has 0 aromatic heterocycles. The highest BCUT2D eigenvalue weighted by Crippen LogP contribution is 2.22. The second kappa shape index (κ2) is 5.66. The highest BCUT2D eigenvalue weighted by Gasteiger charge is 2.19. The molecule has 1 aromatic rings. The number of carboxylic acid groups (broad SMARTS) is 1. The van der Waals surface area contributed by atoms with Gasteiger partial charge in [0.15, 0.2) is 0 Å². The fourth-order valence-corrected chi connectivity index (χ4v) is 2.16. The van der Waals surface area contributed by atoms with Gasteiger partial charge in [0.25, 0.3) is 5.69 Å². The molecule has 1 aliphatic heterocycles. The topological polar surface area (TPSA) is 86.9 Å². The molecule has 0 bridgehead atoms. The first kappa shape index (κ1) is 13.3. The smallest absolute Gasteiger partial charge is 0.317 e. The van der Waals surface area contributed by atoms with Crippen LogP contribution in [0.3, 0.4) is 0 Å². The summed E-state index contributed by atoms with van der Waals surface area (Å²) in [6.07, 6.45) is 0. The van der Waals surface area contributed by atoms with Gasteiger partial charge >= 0.3 is 5.97 Å². The lowest BCUT2D eigenvalue weighted by Gasteiger charge is -2.35. The van der Waals surface area contributed by atoms with Crippen LogP contribution in [0, 0.1) is 10.1 Å². The molecule has 0 spiro atoms. The van der Waals surface area contributed by atoms with E-state index in [-0.39, 0.29) is 12.2 Å². The number of carboxylic acids is 1. The molecule has 0 radical (unpaired) electrons. The fourth-order valence-electron chi connectivity index (χ4n) is 2.16. The van der Waals surface area contributed by atoms with Crippen LogP contribution in [0.1, 0.15) is 0 Å². The van der Waals surface area contributed by atoms with Crippen molar-refractivity contribution in [1.29, 1.82) is 0 Å².